The summed E-state index contributed by atoms with van der Waals surface area (Å²) >= 11 is 0. The fourth-order valence-corrected chi connectivity index (χ4v) is 4.57. The minimum absolute atomic E-state index is 0.853. The van der Waals surface area contributed by atoms with Crippen LogP contribution in [-0.4, -0.2) is 13.6 Å². The van der Waals surface area contributed by atoms with Crippen molar-refractivity contribution in [3.63, 3.8) is 0 Å². The smallest absolute Gasteiger partial charge is 0.00209 e. The van der Waals surface area contributed by atoms with E-state index in [-0.39, 0.29) is 0 Å². The van der Waals surface area contributed by atoms with Crippen molar-refractivity contribution in [1.82, 2.24) is 5.32 Å². The molecule has 0 aromatic carbocycles. The normalized spacial score (nSPS) is 26.8. The average Bonchev–Trinajstić information content (AvgIpc) is 2.78. The molecule has 0 aromatic rings. The Labute approximate surface area is 121 Å². The van der Waals surface area contributed by atoms with Gasteiger partial charge in [0.2, 0.25) is 0 Å². The highest BCUT2D eigenvalue weighted by Crippen LogP contribution is 2.40. The highest BCUT2D eigenvalue weighted by Gasteiger charge is 2.31. The van der Waals surface area contributed by atoms with Crippen molar-refractivity contribution in [2.75, 3.05) is 13.6 Å². The molecule has 0 aliphatic heterocycles. The van der Waals surface area contributed by atoms with Gasteiger partial charge in [-0.3, -0.25) is 0 Å². The van der Waals surface area contributed by atoms with Crippen molar-refractivity contribution in [1.29, 1.82) is 0 Å². The fourth-order valence-electron chi connectivity index (χ4n) is 4.57. The number of hydrogen-bond donors (Lipinski definition) is 1. The van der Waals surface area contributed by atoms with E-state index in [1.54, 1.807) is 0 Å². The van der Waals surface area contributed by atoms with Crippen molar-refractivity contribution in [2.45, 2.75) is 72.6 Å². The van der Waals surface area contributed by atoms with Gasteiger partial charge in [0.05, 0.1) is 0 Å². The zero-order valence-corrected chi connectivity index (χ0v) is 14.0. The van der Waals surface area contributed by atoms with Crippen LogP contribution in [0, 0.1) is 29.6 Å². The Balaban J connectivity index is 2.61. The van der Waals surface area contributed by atoms with E-state index < -0.39 is 0 Å². The van der Waals surface area contributed by atoms with Crippen LogP contribution in [0.25, 0.3) is 0 Å². The van der Waals surface area contributed by atoms with Gasteiger partial charge in [-0.25, -0.2) is 0 Å². The van der Waals surface area contributed by atoms with E-state index in [1.807, 2.05) is 0 Å². The number of rotatable bonds is 9. The van der Waals surface area contributed by atoms with Gasteiger partial charge in [-0.15, -0.1) is 0 Å². The standard InChI is InChI=1S/C18H37N/c1-6-9-16(18(7-2)14(3)4)12-15-10-8-11-17(15)13-19-5/h14-19H,6-13H2,1-5H3. The van der Waals surface area contributed by atoms with Crippen molar-refractivity contribution < 1.29 is 0 Å². The third-order valence-electron chi connectivity index (χ3n) is 5.48. The van der Waals surface area contributed by atoms with Gasteiger partial charge < -0.3 is 5.32 Å². The SMILES string of the molecule is CCCC(CC1CCCC1CNC)C(CC)C(C)C. The van der Waals surface area contributed by atoms with E-state index in [0.717, 1.165) is 29.6 Å². The molecule has 1 rings (SSSR count). The summed E-state index contributed by atoms with van der Waals surface area (Å²) in [5.74, 6) is 4.71. The molecule has 114 valence electrons. The second-order valence-electron chi connectivity index (χ2n) is 7.11. The first-order valence-corrected chi connectivity index (χ1v) is 8.78. The third-order valence-corrected chi connectivity index (χ3v) is 5.48. The molecular weight excluding hydrogens is 230 g/mol. The molecule has 1 heteroatoms. The highest BCUT2D eigenvalue weighted by atomic mass is 14.8. The van der Waals surface area contributed by atoms with E-state index >= 15 is 0 Å². The molecule has 0 spiro atoms. The highest BCUT2D eigenvalue weighted by molar-refractivity contribution is 4.83. The third kappa shape index (κ3) is 5.10. The van der Waals surface area contributed by atoms with Crippen molar-refractivity contribution >= 4 is 0 Å². The molecule has 0 bridgehead atoms. The lowest BCUT2D eigenvalue weighted by molar-refractivity contribution is 0.176. The molecule has 4 unspecified atom stereocenters. The van der Waals surface area contributed by atoms with Crippen LogP contribution < -0.4 is 5.32 Å². The van der Waals surface area contributed by atoms with Gasteiger partial charge >= 0.3 is 0 Å². The Kier molecular flexibility index (Phi) is 8.06. The topological polar surface area (TPSA) is 12.0 Å². The predicted octanol–water partition coefficient (Wildman–Crippen LogP) is 5.11. The van der Waals surface area contributed by atoms with Gasteiger partial charge in [0.25, 0.3) is 0 Å². The van der Waals surface area contributed by atoms with Gasteiger partial charge in [0.15, 0.2) is 0 Å². The van der Waals surface area contributed by atoms with Crippen LogP contribution in [0.4, 0.5) is 0 Å². The molecule has 0 radical (unpaired) electrons. The minimum Gasteiger partial charge on any atom is -0.319 e. The maximum atomic E-state index is 3.41. The second kappa shape index (κ2) is 9.00. The van der Waals surface area contributed by atoms with Crippen LogP contribution in [0.2, 0.25) is 0 Å². The van der Waals surface area contributed by atoms with E-state index in [0.29, 0.717) is 0 Å². The number of nitrogens with one attached hydrogen (secondary N) is 1. The molecule has 1 aliphatic carbocycles. The summed E-state index contributed by atoms with van der Waals surface area (Å²) in [6.07, 6.45) is 10.1. The molecular formula is C18H37N. The van der Waals surface area contributed by atoms with Crippen LogP contribution >= 0.6 is 0 Å². The first-order valence-electron chi connectivity index (χ1n) is 8.78. The van der Waals surface area contributed by atoms with E-state index in [4.69, 9.17) is 0 Å². The summed E-state index contributed by atoms with van der Waals surface area (Å²) in [7, 11) is 2.11. The molecule has 0 saturated heterocycles. The Morgan fingerprint density at radius 1 is 1.11 bits per heavy atom. The van der Waals surface area contributed by atoms with Gasteiger partial charge in [-0.1, -0.05) is 59.8 Å². The van der Waals surface area contributed by atoms with Crippen molar-refractivity contribution in [2.24, 2.45) is 29.6 Å². The van der Waals surface area contributed by atoms with E-state index in [1.165, 1.54) is 51.5 Å². The first-order chi connectivity index (χ1) is 9.13. The van der Waals surface area contributed by atoms with E-state index in [2.05, 4.69) is 40.1 Å². The molecule has 1 nitrogen and oxygen atoms in total. The summed E-state index contributed by atoms with van der Waals surface area (Å²) in [4.78, 5) is 0. The van der Waals surface area contributed by atoms with Crippen LogP contribution in [0.15, 0.2) is 0 Å². The lowest BCUT2D eigenvalue weighted by atomic mass is 9.73. The summed E-state index contributed by atoms with van der Waals surface area (Å²) in [5, 5.41) is 3.41. The summed E-state index contributed by atoms with van der Waals surface area (Å²) in [5.41, 5.74) is 0. The van der Waals surface area contributed by atoms with E-state index in [9.17, 15) is 0 Å². The Morgan fingerprint density at radius 2 is 1.79 bits per heavy atom. The summed E-state index contributed by atoms with van der Waals surface area (Å²) < 4.78 is 0. The van der Waals surface area contributed by atoms with Crippen molar-refractivity contribution in [3.05, 3.63) is 0 Å². The molecule has 1 aliphatic rings. The molecule has 1 N–H and O–H groups in total. The molecule has 19 heavy (non-hydrogen) atoms. The zero-order valence-electron chi connectivity index (χ0n) is 14.0. The second-order valence-corrected chi connectivity index (χ2v) is 7.11. The molecule has 0 aromatic heterocycles. The largest absolute Gasteiger partial charge is 0.319 e. The molecule has 4 atom stereocenters. The monoisotopic (exact) mass is 267 g/mol. The molecule has 1 fully saturated rings. The van der Waals surface area contributed by atoms with Crippen LogP contribution in [0.3, 0.4) is 0 Å². The van der Waals surface area contributed by atoms with Gasteiger partial charge in [0, 0.05) is 0 Å². The van der Waals surface area contributed by atoms with Gasteiger partial charge in [0.1, 0.15) is 0 Å². The quantitative estimate of drug-likeness (QED) is 0.612. The first kappa shape index (κ1) is 17.0. The molecule has 1 saturated carbocycles. The Bertz CT molecular complexity index is 224. The molecule has 0 amide bonds. The fraction of sp³-hybridized carbons (Fsp3) is 1.00. The average molecular weight is 268 g/mol. The Hall–Kier alpha value is -0.0400. The maximum Gasteiger partial charge on any atom is -0.00209 e. The van der Waals surface area contributed by atoms with Crippen LogP contribution in [0.1, 0.15) is 72.6 Å². The van der Waals surface area contributed by atoms with Crippen LogP contribution in [-0.2, 0) is 0 Å². The minimum atomic E-state index is 0.853. The summed E-state index contributed by atoms with van der Waals surface area (Å²) in [6, 6.07) is 0. The zero-order chi connectivity index (χ0) is 14.3. The summed E-state index contributed by atoms with van der Waals surface area (Å²) in [6.45, 7) is 10.8. The number of hydrogen-bond acceptors (Lipinski definition) is 1. The maximum absolute atomic E-state index is 3.41. The lowest BCUT2D eigenvalue weighted by Gasteiger charge is -2.33. The van der Waals surface area contributed by atoms with Gasteiger partial charge in [-0.2, -0.15) is 0 Å². The Morgan fingerprint density at radius 3 is 2.32 bits per heavy atom. The molecule has 0 heterocycles. The van der Waals surface area contributed by atoms with Gasteiger partial charge in [-0.05, 0) is 56.0 Å². The van der Waals surface area contributed by atoms with Crippen molar-refractivity contribution in [3.8, 4) is 0 Å². The lowest BCUT2D eigenvalue weighted by Crippen LogP contribution is -2.27. The van der Waals surface area contributed by atoms with Crippen LogP contribution in [0.5, 0.6) is 0 Å². The predicted molar refractivity (Wildman–Crippen MR) is 86.4 cm³/mol.